The fourth-order valence-electron chi connectivity index (χ4n) is 4.56. The number of aromatic nitrogens is 1. The molecule has 1 aromatic heterocycles. The monoisotopic (exact) mass is 443 g/mol. The maximum absolute atomic E-state index is 13.2. The van der Waals surface area contributed by atoms with E-state index in [1.165, 1.54) is 16.9 Å². The van der Waals surface area contributed by atoms with Crippen molar-refractivity contribution in [2.45, 2.75) is 26.7 Å². The lowest BCUT2D eigenvalue weighted by atomic mass is 9.95. The van der Waals surface area contributed by atoms with Crippen LogP contribution in [-0.2, 0) is 4.79 Å². The van der Waals surface area contributed by atoms with Crippen molar-refractivity contribution in [2.75, 3.05) is 18.4 Å². The van der Waals surface area contributed by atoms with Gasteiger partial charge in [0.1, 0.15) is 0 Å². The van der Waals surface area contributed by atoms with Crippen molar-refractivity contribution in [2.24, 2.45) is 5.92 Å². The third kappa shape index (κ3) is 3.86. The molecule has 162 valence electrons. The topological polar surface area (TPSA) is 62.3 Å². The van der Waals surface area contributed by atoms with Gasteiger partial charge in [0.15, 0.2) is 5.13 Å². The molecule has 2 heterocycles. The highest BCUT2D eigenvalue weighted by atomic mass is 32.1. The van der Waals surface area contributed by atoms with Crippen molar-refractivity contribution in [3.63, 3.8) is 0 Å². The van der Waals surface area contributed by atoms with Crippen LogP contribution in [0, 0.1) is 19.8 Å². The average molecular weight is 444 g/mol. The predicted octanol–water partition coefficient (Wildman–Crippen LogP) is 5.56. The Balaban J connectivity index is 1.25. The van der Waals surface area contributed by atoms with E-state index < -0.39 is 0 Å². The second-order valence-corrected chi connectivity index (χ2v) is 9.56. The van der Waals surface area contributed by atoms with Crippen LogP contribution >= 0.6 is 11.3 Å². The van der Waals surface area contributed by atoms with E-state index in [4.69, 9.17) is 0 Å². The molecule has 3 aromatic carbocycles. The first-order valence-corrected chi connectivity index (χ1v) is 11.8. The first-order valence-electron chi connectivity index (χ1n) is 11.0. The number of aryl methyl sites for hydroxylation is 2. The van der Waals surface area contributed by atoms with Gasteiger partial charge in [0.2, 0.25) is 5.91 Å². The molecule has 0 bridgehead atoms. The highest BCUT2D eigenvalue weighted by Gasteiger charge is 2.29. The molecular formula is C26H25N3O2S. The van der Waals surface area contributed by atoms with E-state index in [2.05, 4.69) is 29.4 Å². The zero-order valence-electron chi connectivity index (χ0n) is 18.2. The number of rotatable bonds is 3. The third-order valence-corrected chi connectivity index (χ3v) is 7.15. The SMILES string of the molecule is Cc1cc(C)c2nc(NC(=O)C3CCN(C(=O)c4cccc5ccccc45)CC3)sc2c1. The van der Waals surface area contributed by atoms with Crippen molar-refractivity contribution in [3.8, 4) is 0 Å². The summed E-state index contributed by atoms with van der Waals surface area (Å²) in [6.07, 6.45) is 1.32. The fraction of sp³-hybridized carbons (Fsp3) is 0.269. The van der Waals surface area contributed by atoms with Crippen molar-refractivity contribution in [1.29, 1.82) is 0 Å². The smallest absolute Gasteiger partial charge is 0.254 e. The van der Waals surface area contributed by atoms with Crippen molar-refractivity contribution >= 4 is 49.3 Å². The number of carbonyl (C=O) groups is 2. The Hall–Kier alpha value is -3.25. The minimum Gasteiger partial charge on any atom is -0.339 e. The zero-order chi connectivity index (χ0) is 22.2. The van der Waals surface area contributed by atoms with E-state index in [9.17, 15) is 9.59 Å². The second-order valence-electron chi connectivity index (χ2n) is 8.53. The molecule has 1 aliphatic heterocycles. The van der Waals surface area contributed by atoms with Gasteiger partial charge in [0.25, 0.3) is 5.91 Å². The molecule has 5 nitrogen and oxygen atoms in total. The number of carbonyl (C=O) groups excluding carboxylic acids is 2. The lowest BCUT2D eigenvalue weighted by molar-refractivity contribution is -0.121. The molecule has 1 aliphatic rings. The Labute approximate surface area is 191 Å². The molecule has 2 amide bonds. The third-order valence-electron chi connectivity index (χ3n) is 6.23. The normalized spacial score (nSPS) is 14.8. The molecule has 0 unspecified atom stereocenters. The number of benzene rings is 3. The molecule has 5 rings (SSSR count). The number of hydrogen-bond donors (Lipinski definition) is 1. The summed E-state index contributed by atoms with van der Waals surface area (Å²) in [6, 6.07) is 18.0. The molecule has 4 aromatic rings. The van der Waals surface area contributed by atoms with E-state index in [1.54, 1.807) is 0 Å². The summed E-state index contributed by atoms with van der Waals surface area (Å²) in [5.74, 6) is -0.0743. The van der Waals surface area contributed by atoms with Crippen molar-refractivity contribution in [3.05, 3.63) is 71.3 Å². The summed E-state index contributed by atoms with van der Waals surface area (Å²) in [5, 5.41) is 5.70. The molecule has 6 heteroatoms. The summed E-state index contributed by atoms with van der Waals surface area (Å²) >= 11 is 1.51. The van der Waals surface area contributed by atoms with Crippen LogP contribution < -0.4 is 5.32 Å². The zero-order valence-corrected chi connectivity index (χ0v) is 19.0. The Kier molecular flexibility index (Phi) is 5.39. The number of fused-ring (bicyclic) bond motifs is 2. The summed E-state index contributed by atoms with van der Waals surface area (Å²) in [5.41, 5.74) is 3.99. The minimum atomic E-state index is -0.110. The highest BCUT2D eigenvalue weighted by Crippen LogP contribution is 2.30. The van der Waals surface area contributed by atoms with Gasteiger partial charge in [-0.25, -0.2) is 4.98 Å². The Morgan fingerprint density at radius 3 is 2.59 bits per heavy atom. The molecule has 1 fully saturated rings. The van der Waals surface area contributed by atoms with Crippen LogP contribution in [0.4, 0.5) is 5.13 Å². The molecule has 0 spiro atoms. The quantitative estimate of drug-likeness (QED) is 0.451. The van der Waals surface area contributed by atoms with Gasteiger partial charge >= 0.3 is 0 Å². The summed E-state index contributed by atoms with van der Waals surface area (Å²) < 4.78 is 1.09. The number of anilines is 1. The molecule has 0 atom stereocenters. The van der Waals surface area contributed by atoms with E-state index >= 15 is 0 Å². The maximum Gasteiger partial charge on any atom is 0.254 e. The van der Waals surface area contributed by atoms with Gasteiger partial charge in [-0.3, -0.25) is 9.59 Å². The Morgan fingerprint density at radius 2 is 1.78 bits per heavy atom. The first-order chi connectivity index (χ1) is 15.5. The molecule has 1 N–H and O–H groups in total. The van der Waals surface area contributed by atoms with Crippen LogP contribution in [-0.4, -0.2) is 34.8 Å². The van der Waals surface area contributed by atoms with Crippen LogP contribution in [0.5, 0.6) is 0 Å². The van der Waals surface area contributed by atoms with E-state index in [0.717, 1.165) is 32.1 Å². The molecule has 1 saturated heterocycles. The Bertz CT molecular complexity index is 1330. The number of hydrogen-bond acceptors (Lipinski definition) is 4. The fourth-order valence-corrected chi connectivity index (χ4v) is 5.60. The van der Waals surface area contributed by atoms with Crippen LogP contribution in [0.25, 0.3) is 21.0 Å². The molecule has 0 saturated carbocycles. The van der Waals surface area contributed by atoms with Crippen LogP contribution in [0.2, 0.25) is 0 Å². The van der Waals surface area contributed by atoms with E-state index in [0.29, 0.717) is 31.1 Å². The van der Waals surface area contributed by atoms with Gasteiger partial charge in [-0.1, -0.05) is 53.8 Å². The number of likely N-dealkylation sites (tertiary alicyclic amines) is 1. The maximum atomic E-state index is 13.2. The van der Waals surface area contributed by atoms with Crippen LogP contribution in [0.1, 0.15) is 34.3 Å². The second kappa shape index (κ2) is 8.36. The van der Waals surface area contributed by atoms with Crippen molar-refractivity contribution < 1.29 is 9.59 Å². The van der Waals surface area contributed by atoms with Gasteiger partial charge in [-0.05, 0) is 60.7 Å². The summed E-state index contributed by atoms with van der Waals surface area (Å²) in [4.78, 5) is 32.5. The van der Waals surface area contributed by atoms with E-state index in [1.807, 2.05) is 54.3 Å². The Morgan fingerprint density at radius 1 is 1.03 bits per heavy atom. The highest BCUT2D eigenvalue weighted by molar-refractivity contribution is 7.22. The van der Waals surface area contributed by atoms with Gasteiger partial charge in [-0.15, -0.1) is 0 Å². The largest absolute Gasteiger partial charge is 0.339 e. The molecule has 0 radical (unpaired) electrons. The van der Waals surface area contributed by atoms with Gasteiger partial charge < -0.3 is 10.2 Å². The first kappa shape index (κ1) is 20.6. The minimum absolute atomic E-state index is 0.00399. The average Bonchev–Trinajstić information content (AvgIpc) is 3.21. The lowest BCUT2D eigenvalue weighted by Crippen LogP contribution is -2.41. The summed E-state index contributed by atoms with van der Waals surface area (Å²) in [7, 11) is 0. The van der Waals surface area contributed by atoms with Crippen LogP contribution in [0.3, 0.4) is 0 Å². The van der Waals surface area contributed by atoms with Crippen LogP contribution in [0.15, 0.2) is 54.6 Å². The predicted molar refractivity (Wildman–Crippen MR) is 130 cm³/mol. The van der Waals surface area contributed by atoms with Crippen molar-refractivity contribution in [1.82, 2.24) is 9.88 Å². The van der Waals surface area contributed by atoms with Gasteiger partial charge in [0.05, 0.1) is 10.2 Å². The number of amides is 2. The summed E-state index contributed by atoms with van der Waals surface area (Å²) in [6.45, 7) is 5.28. The number of nitrogens with zero attached hydrogens (tertiary/aromatic N) is 2. The van der Waals surface area contributed by atoms with E-state index in [-0.39, 0.29) is 17.7 Å². The molecule has 0 aliphatic carbocycles. The van der Waals surface area contributed by atoms with Gasteiger partial charge in [-0.2, -0.15) is 0 Å². The standard InChI is InChI=1S/C26H25N3O2S/c1-16-14-17(2)23-22(15-16)32-26(27-23)28-24(30)19-10-12-29(13-11-19)25(31)21-9-5-7-18-6-3-4-8-20(18)21/h3-9,14-15,19H,10-13H2,1-2H3,(H,27,28,30). The molecular weight excluding hydrogens is 418 g/mol. The number of piperidine rings is 1. The number of nitrogens with one attached hydrogen (secondary N) is 1. The lowest BCUT2D eigenvalue weighted by Gasteiger charge is -2.31. The number of thiazole rings is 1. The van der Waals surface area contributed by atoms with Gasteiger partial charge in [0, 0.05) is 24.6 Å². The molecule has 32 heavy (non-hydrogen) atoms.